The van der Waals surface area contributed by atoms with Crippen molar-refractivity contribution in [1.82, 2.24) is 15.2 Å². The summed E-state index contributed by atoms with van der Waals surface area (Å²) in [7, 11) is 1.55. The fourth-order valence-electron chi connectivity index (χ4n) is 0.527. The van der Waals surface area contributed by atoms with Crippen LogP contribution in [0.3, 0.4) is 0 Å². The van der Waals surface area contributed by atoms with E-state index in [4.69, 9.17) is 4.74 Å². The number of methoxy groups -OCH3 is 1. The molecule has 0 atom stereocenters. The lowest BCUT2D eigenvalue weighted by Crippen LogP contribution is -1.94. The molecule has 1 rings (SSSR count). The van der Waals surface area contributed by atoms with E-state index in [2.05, 4.69) is 15.2 Å². The third-order valence-electron chi connectivity index (χ3n) is 0.937. The normalized spacial score (nSPS) is 9.11. The summed E-state index contributed by atoms with van der Waals surface area (Å²) < 4.78 is 4.83. The Balaban J connectivity index is 3.01. The number of rotatable bonds is 1. The molecule has 0 saturated heterocycles. The van der Waals surface area contributed by atoms with Crippen LogP contribution in [0.2, 0.25) is 0 Å². The molecule has 0 fully saturated rings. The summed E-state index contributed by atoms with van der Waals surface area (Å²) >= 11 is 0. The Morgan fingerprint density at radius 2 is 2.33 bits per heavy atom. The zero-order chi connectivity index (χ0) is 6.69. The Bertz CT molecular complexity index is 201. The van der Waals surface area contributed by atoms with Gasteiger partial charge in [0.2, 0.25) is 5.88 Å². The van der Waals surface area contributed by atoms with Crippen molar-refractivity contribution in [2.45, 2.75) is 6.92 Å². The highest BCUT2D eigenvalue weighted by Gasteiger charge is 1.96. The molecule has 0 amide bonds. The van der Waals surface area contributed by atoms with Crippen LogP contribution in [0.25, 0.3) is 0 Å². The van der Waals surface area contributed by atoms with Gasteiger partial charge in [-0.05, 0) is 6.92 Å². The molecule has 1 aromatic rings. The first-order valence-electron chi connectivity index (χ1n) is 2.53. The van der Waals surface area contributed by atoms with E-state index < -0.39 is 0 Å². The van der Waals surface area contributed by atoms with Gasteiger partial charge in [-0.2, -0.15) is 4.98 Å². The molecule has 4 nitrogen and oxygen atoms in total. The molecule has 0 saturated carbocycles. The van der Waals surface area contributed by atoms with Crippen LogP contribution in [0, 0.1) is 6.92 Å². The highest BCUT2D eigenvalue weighted by atomic mass is 16.5. The second-order valence-corrected chi connectivity index (χ2v) is 1.55. The maximum atomic E-state index is 4.83. The molecule has 1 aromatic heterocycles. The van der Waals surface area contributed by atoms with E-state index in [9.17, 15) is 0 Å². The molecule has 0 radical (unpaired) electrons. The summed E-state index contributed by atoms with van der Waals surface area (Å²) in [5.41, 5.74) is 0.708. The minimum atomic E-state index is 0.532. The molecular weight excluding hydrogens is 118 g/mol. The quantitative estimate of drug-likeness (QED) is 0.537. The molecule has 48 valence electrons. The van der Waals surface area contributed by atoms with E-state index in [0.717, 1.165) is 0 Å². The monoisotopic (exact) mass is 125 g/mol. The summed E-state index contributed by atoms with van der Waals surface area (Å²) in [4.78, 5) is 3.80. The standard InChI is InChI=1S/C5H7N3O/c1-4-5(9-2)6-3-7-8-4/h3H,1-2H3. The number of hydrogen-bond donors (Lipinski definition) is 0. The first kappa shape index (κ1) is 5.94. The summed E-state index contributed by atoms with van der Waals surface area (Å²) in [6, 6.07) is 0. The number of nitrogens with zero attached hydrogens (tertiary/aromatic N) is 3. The van der Waals surface area contributed by atoms with E-state index in [-0.39, 0.29) is 0 Å². The zero-order valence-electron chi connectivity index (χ0n) is 5.33. The van der Waals surface area contributed by atoms with Gasteiger partial charge in [-0.3, -0.25) is 0 Å². The van der Waals surface area contributed by atoms with Crippen molar-refractivity contribution in [2.75, 3.05) is 7.11 Å². The van der Waals surface area contributed by atoms with Gasteiger partial charge in [0.05, 0.1) is 7.11 Å². The minimum Gasteiger partial charge on any atom is -0.480 e. The van der Waals surface area contributed by atoms with Crippen LogP contribution in [-0.2, 0) is 0 Å². The maximum absolute atomic E-state index is 4.83. The molecule has 0 bridgehead atoms. The van der Waals surface area contributed by atoms with Crippen molar-refractivity contribution in [2.24, 2.45) is 0 Å². The van der Waals surface area contributed by atoms with Gasteiger partial charge in [0, 0.05) is 0 Å². The molecule has 0 N–H and O–H groups in total. The topological polar surface area (TPSA) is 47.9 Å². The minimum absolute atomic E-state index is 0.532. The van der Waals surface area contributed by atoms with E-state index >= 15 is 0 Å². The number of ether oxygens (including phenoxy) is 1. The lowest BCUT2D eigenvalue weighted by Gasteiger charge is -1.96. The Kier molecular flexibility index (Phi) is 1.58. The average molecular weight is 125 g/mol. The van der Waals surface area contributed by atoms with Gasteiger partial charge in [0.15, 0.2) is 0 Å². The van der Waals surface area contributed by atoms with E-state index in [1.54, 1.807) is 14.0 Å². The Morgan fingerprint density at radius 1 is 1.56 bits per heavy atom. The van der Waals surface area contributed by atoms with Crippen LogP contribution in [0.4, 0.5) is 0 Å². The van der Waals surface area contributed by atoms with Crippen molar-refractivity contribution in [3.63, 3.8) is 0 Å². The third kappa shape index (κ3) is 1.13. The third-order valence-corrected chi connectivity index (χ3v) is 0.937. The van der Waals surface area contributed by atoms with Crippen LogP contribution >= 0.6 is 0 Å². The van der Waals surface area contributed by atoms with Gasteiger partial charge in [0.25, 0.3) is 0 Å². The van der Waals surface area contributed by atoms with Gasteiger partial charge in [-0.1, -0.05) is 0 Å². The van der Waals surface area contributed by atoms with Crippen molar-refractivity contribution in [3.8, 4) is 5.88 Å². The molecule has 0 spiro atoms. The second-order valence-electron chi connectivity index (χ2n) is 1.55. The lowest BCUT2D eigenvalue weighted by atomic mass is 10.5. The molecule has 0 unspecified atom stereocenters. The predicted octanol–water partition coefficient (Wildman–Crippen LogP) is 0.189. The van der Waals surface area contributed by atoms with E-state index in [1.165, 1.54) is 6.33 Å². The summed E-state index contributed by atoms with van der Waals surface area (Å²) in [6.45, 7) is 1.79. The maximum Gasteiger partial charge on any atom is 0.238 e. The molecule has 1 heterocycles. The molecule has 4 heteroatoms. The van der Waals surface area contributed by atoms with Crippen molar-refractivity contribution >= 4 is 0 Å². The van der Waals surface area contributed by atoms with E-state index in [0.29, 0.717) is 11.6 Å². The second kappa shape index (κ2) is 2.39. The van der Waals surface area contributed by atoms with Gasteiger partial charge in [-0.25, -0.2) is 0 Å². The number of aryl methyl sites for hydroxylation is 1. The smallest absolute Gasteiger partial charge is 0.238 e. The first-order chi connectivity index (χ1) is 4.34. The molecule has 0 aliphatic rings. The molecule has 0 aliphatic carbocycles. The van der Waals surface area contributed by atoms with Crippen molar-refractivity contribution in [3.05, 3.63) is 12.0 Å². The lowest BCUT2D eigenvalue weighted by molar-refractivity contribution is 0.389. The fraction of sp³-hybridized carbons (Fsp3) is 0.400. The summed E-state index contributed by atoms with van der Waals surface area (Å²) in [5.74, 6) is 0.532. The van der Waals surface area contributed by atoms with Gasteiger partial charge in [-0.15, -0.1) is 10.2 Å². The Hall–Kier alpha value is -1.19. The predicted molar refractivity (Wildman–Crippen MR) is 31.1 cm³/mol. The van der Waals surface area contributed by atoms with Crippen molar-refractivity contribution in [1.29, 1.82) is 0 Å². The van der Waals surface area contributed by atoms with Gasteiger partial charge < -0.3 is 4.74 Å². The number of aromatic nitrogens is 3. The molecule has 0 aromatic carbocycles. The van der Waals surface area contributed by atoms with Crippen LogP contribution < -0.4 is 4.74 Å². The average Bonchev–Trinajstić information content (AvgIpc) is 1.89. The fourth-order valence-corrected chi connectivity index (χ4v) is 0.527. The van der Waals surface area contributed by atoms with Crippen LogP contribution in [0.1, 0.15) is 5.69 Å². The molecular formula is C5H7N3O. The van der Waals surface area contributed by atoms with Crippen LogP contribution in [0.15, 0.2) is 6.33 Å². The van der Waals surface area contributed by atoms with Crippen molar-refractivity contribution < 1.29 is 4.74 Å². The van der Waals surface area contributed by atoms with Crippen LogP contribution in [0.5, 0.6) is 5.88 Å². The zero-order valence-corrected chi connectivity index (χ0v) is 5.33. The van der Waals surface area contributed by atoms with E-state index in [1.807, 2.05) is 0 Å². The number of hydrogen-bond acceptors (Lipinski definition) is 4. The summed E-state index contributed by atoms with van der Waals surface area (Å²) in [5, 5.41) is 7.26. The highest BCUT2D eigenvalue weighted by molar-refractivity contribution is 5.12. The Labute approximate surface area is 52.9 Å². The SMILES string of the molecule is COc1ncnnc1C. The Morgan fingerprint density at radius 3 is 2.78 bits per heavy atom. The van der Waals surface area contributed by atoms with Crippen LogP contribution in [-0.4, -0.2) is 22.3 Å². The molecule has 9 heavy (non-hydrogen) atoms. The van der Waals surface area contributed by atoms with Gasteiger partial charge >= 0.3 is 0 Å². The summed E-state index contributed by atoms with van der Waals surface area (Å²) in [6.07, 6.45) is 1.35. The van der Waals surface area contributed by atoms with Gasteiger partial charge in [0.1, 0.15) is 12.0 Å². The highest BCUT2D eigenvalue weighted by Crippen LogP contribution is 2.05. The molecule has 0 aliphatic heterocycles. The first-order valence-corrected chi connectivity index (χ1v) is 2.53. The largest absolute Gasteiger partial charge is 0.480 e.